The summed E-state index contributed by atoms with van der Waals surface area (Å²) in [7, 11) is 0. The zero-order valence-electron chi connectivity index (χ0n) is 39.5. The molecule has 10 aromatic carbocycles. The average Bonchev–Trinajstić information content (AvgIpc) is 4.22. The highest BCUT2D eigenvalue weighted by Crippen LogP contribution is 2.67. The number of thioether (sulfide) groups is 2. The smallest absolute Gasteiger partial charge is 0.0766 e. The number of hydrogen-bond donors (Lipinski definition) is 0. The molecule has 0 amide bonds. The summed E-state index contributed by atoms with van der Waals surface area (Å²) in [6, 6.07) is 87.0. The fraction of sp³-hybridized carbons (Fsp3) is 0.104. The first-order chi connectivity index (χ1) is 34.9. The molecule has 0 spiro atoms. The number of benzene rings is 10. The lowest BCUT2D eigenvalue weighted by Crippen LogP contribution is -2.21. The lowest BCUT2D eigenvalue weighted by atomic mass is 9.75. The molecule has 0 N–H and O–H groups in total. The average molecular weight is 945 g/mol. The molecule has 4 atom stereocenters. The van der Waals surface area contributed by atoms with Crippen molar-refractivity contribution >= 4 is 56.7 Å². The second-order valence-electron chi connectivity index (χ2n) is 20.4. The number of rotatable bonds is 6. The van der Waals surface area contributed by atoms with Gasteiger partial charge in [0.15, 0.2) is 0 Å². The standard InChI is InChI=1S/C67H48N2S2/c1-67(2)57-30-26-43(39-55(57)65-63(67)51-22-12-14-24-61(51)70-65)44-27-31-58-53(37-44)54-38-45(28-32-59(54)68(58)49-20-10-5-11-21-49)46-29-33-60-56(40-46)66-64(52-23-13-15-25-62(52)71-66)69(60)50-35-47(41-16-6-3-7-17-41)34-48(36-50)42-18-8-4-9-19-42/h3-40,63-66H,1-2H3. The Labute approximate surface area is 423 Å². The summed E-state index contributed by atoms with van der Waals surface area (Å²) in [5, 5.41) is 3.22. The summed E-state index contributed by atoms with van der Waals surface area (Å²) in [4.78, 5) is 5.46. The third-order valence-corrected chi connectivity index (χ3v) is 18.9. The molecule has 1 aromatic heterocycles. The molecule has 11 aromatic rings. The van der Waals surface area contributed by atoms with E-state index in [1.54, 1.807) is 0 Å². The van der Waals surface area contributed by atoms with Crippen LogP contribution in [0.1, 0.15) is 64.1 Å². The van der Waals surface area contributed by atoms with Crippen molar-refractivity contribution in [3.05, 3.63) is 258 Å². The van der Waals surface area contributed by atoms with Gasteiger partial charge >= 0.3 is 0 Å². The van der Waals surface area contributed by atoms with E-state index in [0.29, 0.717) is 11.2 Å². The minimum atomic E-state index is 0.0676. The number of aromatic nitrogens is 1. The Hall–Kier alpha value is -7.50. The largest absolute Gasteiger partial charge is 0.332 e. The van der Waals surface area contributed by atoms with E-state index < -0.39 is 0 Å². The maximum atomic E-state index is 2.64. The summed E-state index contributed by atoms with van der Waals surface area (Å²) in [5.74, 6) is 0.479. The van der Waals surface area contributed by atoms with Crippen LogP contribution in [0.3, 0.4) is 0 Å². The summed E-state index contributed by atoms with van der Waals surface area (Å²) in [6.45, 7) is 4.91. The van der Waals surface area contributed by atoms with E-state index in [-0.39, 0.29) is 16.7 Å². The molecule has 0 saturated heterocycles. The summed E-state index contributed by atoms with van der Waals surface area (Å²) < 4.78 is 2.45. The zero-order valence-corrected chi connectivity index (χ0v) is 41.1. The number of fused-ring (bicyclic) bond motifs is 13. The third-order valence-electron chi connectivity index (χ3n) is 16.1. The van der Waals surface area contributed by atoms with Crippen molar-refractivity contribution in [2.45, 2.75) is 51.5 Å². The van der Waals surface area contributed by atoms with Gasteiger partial charge < -0.3 is 9.47 Å². The van der Waals surface area contributed by atoms with Crippen LogP contribution in [-0.2, 0) is 5.41 Å². The molecule has 4 heterocycles. The molecule has 71 heavy (non-hydrogen) atoms. The number of anilines is 2. The van der Waals surface area contributed by atoms with Gasteiger partial charge in [-0.1, -0.05) is 159 Å². The monoisotopic (exact) mass is 944 g/mol. The van der Waals surface area contributed by atoms with Crippen LogP contribution in [-0.4, -0.2) is 4.57 Å². The molecule has 338 valence electrons. The van der Waals surface area contributed by atoms with Gasteiger partial charge in [0, 0.05) is 48.8 Å². The Morgan fingerprint density at radius 1 is 0.366 bits per heavy atom. The first-order valence-corrected chi connectivity index (χ1v) is 26.7. The van der Waals surface area contributed by atoms with Gasteiger partial charge in [0.1, 0.15) is 0 Å². The lowest BCUT2D eigenvalue weighted by molar-refractivity contribution is 0.446. The number of para-hydroxylation sites is 1. The van der Waals surface area contributed by atoms with E-state index in [1.165, 1.54) is 121 Å². The van der Waals surface area contributed by atoms with Gasteiger partial charge in [-0.05, 0) is 163 Å². The predicted molar refractivity (Wildman–Crippen MR) is 300 cm³/mol. The van der Waals surface area contributed by atoms with Crippen LogP contribution in [0.15, 0.2) is 240 Å². The van der Waals surface area contributed by atoms with Crippen molar-refractivity contribution in [3.63, 3.8) is 0 Å². The van der Waals surface area contributed by atoms with Crippen molar-refractivity contribution in [2.24, 2.45) is 0 Å². The molecule has 15 rings (SSSR count). The quantitative estimate of drug-likeness (QED) is 0.164. The Balaban J connectivity index is 0.868. The van der Waals surface area contributed by atoms with Crippen molar-refractivity contribution in [2.75, 3.05) is 4.90 Å². The van der Waals surface area contributed by atoms with Crippen LogP contribution < -0.4 is 4.90 Å². The first-order valence-electron chi connectivity index (χ1n) is 24.9. The van der Waals surface area contributed by atoms with Gasteiger partial charge in [-0.3, -0.25) is 0 Å². The van der Waals surface area contributed by atoms with Gasteiger partial charge in [-0.15, -0.1) is 23.5 Å². The first kappa shape index (κ1) is 41.3. The maximum absolute atomic E-state index is 2.64. The highest BCUT2D eigenvalue weighted by molar-refractivity contribution is 8.00. The van der Waals surface area contributed by atoms with E-state index in [9.17, 15) is 0 Å². The van der Waals surface area contributed by atoms with Crippen molar-refractivity contribution in [3.8, 4) is 50.2 Å². The van der Waals surface area contributed by atoms with Gasteiger partial charge in [0.05, 0.1) is 22.3 Å². The summed E-state index contributed by atoms with van der Waals surface area (Å²) in [5.41, 5.74) is 23.4. The third kappa shape index (κ3) is 6.30. The SMILES string of the molecule is CC1(C)c2ccc(-c3ccc4c(c3)c3cc(-c5ccc6c(c5)C5Sc7ccccc7C5N6c5cc(-c6ccccc6)cc(-c6ccccc6)c5)ccc3n4-c3ccccc3)cc2C2Sc3ccccc3C21. The van der Waals surface area contributed by atoms with E-state index >= 15 is 0 Å². The molecular formula is C67H48N2S2. The van der Waals surface area contributed by atoms with Crippen LogP contribution in [0.5, 0.6) is 0 Å². The van der Waals surface area contributed by atoms with Crippen LogP contribution in [0, 0.1) is 0 Å². The summed E-state index contributed by atoms with van der Waals surface area (Å²) in [6.07, 6.45) is 0. The van der Waals surface area contributed by atoms with Crippen molar-refractivity contribution < 1.29 is 0 Å². The van der Waals surface area contributed by atoms with E-state index in [2.05, 4.69) is 266 Å². The van der Waals surface area contributed by atoms with Crippen LogP contribution in [0.25, 0.3) is 72.0 Å². The van der Waals surface area contributed by atoms with Crippen molar-refractivity contribution in [1.82, 2.24) is 4.57 Å². The zero-order chi connectivity index (χ0) is 47.0. The molecule has 3 aliphatic heterocycles. The molecule has 1 aliphatic carbocycles. The Morgan fingerprint density at radius 3 is 1.52 bits per heavy atom. The van der Waals surface area contributed by atoms with Crippen LogP contribution in [0.2, 0.25) is 0 Å². The molecule has 4 heteroatoms. The van der Waals surface area contributed by atoms with E-state index in [1.807, 2.05) is 11.8 Å². The van der Waals surface area contributed by atoms with Gasteiger partial charge in [-0.25, -0.2) is 0 Å². The maximum Gasteiger partial charge on any atom is 0.0766 e. The second-order valence-corrected chi connectivity index (χ2v) is 22.7. The fourth-order valence-electron chi connectivity index (χ4n) is 12.9. The summed E-state index contributed by atoms with van der Waals surface area (Å²) >= 11 is 4.08. The van der Waals surface area contributed by atoms with Gasteiger partial charge in [0.2, 0.25) is 0 Å². The highest BCUT2D eigenvalue weighted by atomic mass is 32.2. The Bertz CT molecular complexity index is 3890. The van der Waals surface area contributed by atoms with Crippen LogP contribution in [0.4, 0.5) is 11.4 Å². The Kier molecular flexibility index (Phi) is 9.16. The molecule has 2 nitrogen and oxygen atoms in total. The topological polar surface area (TPSA) is 8.17 Å². The van der Waals surface area contributed by atoms with E-state index in [4.69, 9.17) is 0 Å². The number of hydrogen-bond acceptors (Lipinski definition) is 3. The van der Waals surface area contributed by atoms with Gasteiger partial charge in [-0.2, -0.15) is 0 Å². The molecule has 4 aliphatic rings. The minimum absolute atomic E-state index is 0.0676. The molecule has 0 fully saturated rings. The highest BCUT2D eigenvalue weighted by Gasteiger charge is 2.51. The molecular weight excluding hydrogens is 897 g/mol. The lowest BCUT2D eigenvalue weighted by Gasteiger charge is -2.29. The minimum Gasteiger partial charge on any atom is -0.332 e. The molecule has 0 bridgehead atoms. The van der Waals surface area contributed by atoms with E-state index in [0.717, 1.165) is 0 Å². The fourth-order valence-corrected chi connectivity index (χ4v) is 16.0. The molecule has 4 unspecified atom stereocenters. The van der Waals surface area contributed by atoms with Crippen LogP contribution >= 0.6 is 23.5 Å². The molecule has 0 saturated carbocycles. The normalized spacial score (nSPS) is 18.8. The Morgan fingerprint density at radius 2 is 0.873 bits per heavy atom. The second kappa shape index (κ2) is 15.8. The number of nitrogens with zero attached hydrogens (tertiary/aromatic N) is 2. The van der Waals surface area contributed by atoms with Gasteiger partial charge in [0.25, 0.3) is 0 Å². The van der Waals surface area contributed by atoms with Crippen molar-refractivity contribution in [1.29, 1.82) is 0 Å². The predicted octanol–water partition coefficient (Wildman–Crippen LogP) is 18.7. The molecule has 0 radical (unpaired) electrons.